The summed E-state index contributed by atoms with van der Waals surface area (Å²) in [6, 6.07) is 9.90. The number of rotatable bonds is 3. The lowest BCUT2D eigenvalue weighted by Gasteiger charge is -2.34. The van der Waals surface area contributed by atoms with Gasteiger partial charge < -0.3 is 9.47 Å². The second kappa shape index (κ2) is 5.25. The third-order valence-corrected chi connectivity index (χ3v) is 3.93. The molecule has 0 saturated carbocycles. The van der Waals surface area contributed by atoms with E-state index in [1.54, 1.807) is 13.2 Å². The summed E-state index contributed by atoms with van der Waals surface area (Å²) in [6.45, 7) is 0.688. The van der Waals surface area contributed by atoms with Crippen molar-refractivity contribution in [2.24, 2.45) is 0 Å². The normalized spacial score (nSPS) is 25.9. The first kappa shape index (κ1) is 13.1. The fraction of sp³-hybridized carbons (Fsp3) is 0.353. The molecule has 3 nitrogen and oxygen atoms in total. The molecule has 0 amide bonds. The van der Waals surface area contributed by atoms with Crippen LogP contribution in [0.4, 0.5) is 0 Å². The molecule has 0 bridgehead atoms. The summed E-state index contributed by atoms with van der Waals surface area (Å²) in [5.74, 6) is 0.868. The topological polar surface area (TPSA) is 35.5 Å². The number of benzene rings is 1. The van der Waals surface area contributed by atoms with Crippen LogP contribution in [0.3, 0.4) is 0 Å². The fourth-order valence-electron chi connectivity index (χ4n) is 2.94. The molecule has 2 aliphatic rings. The maximum Gasteiger partial charge on any atom is 0.159 e. The fourth-order valence-corrected chi connectivity index (χ4v) is 2.94. The van der Waals surface area contributed by atoms with Gasteiger partial charge in [-0.3, -0.25) is 4.79 Å². The van der Waals surface area contributed by atoms with Crippen LogP contribution in [-0.2, 0) is 14.3 Å². The second-order valence-corrected chi connectivity index (χ2v) is 5.16. The van der Waals surface area contributed by atoms with E-state index < -0.39 is 5.60 Å². The molecule has 1 aromatic rings. The quantitative estimate of drug-likeness (QED) is 0.846. The van der Waals surface area contributed by atoms with Crippen LogP contribution in [0.25, 0.3) is 5.57 Å². The van der Waals surface area contributed by atoms with Gasteiger partial charge in [0.15, 0.2) is 11.4 Å². The molecule has 0 radical (unpaired) electrons. The molecular formula is C17H18O3. The number of ether oxygens (including phenoxy) is 2. The minimum absolute atomic E-state index is 0.0841. The van der Waals surface area contributed by atoms with E-state index in [0.29, 0.717) is 13.0 Å². The zero-order valence-electron chi connectivity index (χ0n) is 11.6. The van der Waals surface area contributed by atoms with E-state index in [4.69, 9.17) is 9.47 Å². The van der Waals surface area contributed by atoms with E-state index in [2.05, 4.69) is 6.08 Å². The molecule has 0 fully saturated rings. The Hall–Kier alpha value is -1.87. The van der Waals surface area contributed by atoms with Gasteiger partial charge in [0.2, 0.25) is 0 Å². The number of ketones is 1. The van der Waals surface area contributed by atoms with E-state index in [9.17, 15) is 4.79 Å². The first-order valence-corrected chi connectivity index (χ1v) is 6.95. The van der Waals surface area contributed by atoms with Crippen LogP contribution >= 0.6 is 0 Å². The van der Waals surface area contributed by atoms with Crippen molar-refractivity contribution >= 4 is 11.4 Å². The monoisotopic (exact) mass is 270 g/mol. The highest BCUT2D eigenvalue weighted by Gasteiger charge is 2.47. The molecule has 1 aliphatic heterocycles. The van der Waals surface area contributed by atoms with Crippen molar-refractivity contribution in [1.82, 2.24) is 0 Å². The summed E-state index contributed by atoms with van der Waals surface area (Å²) >= 11 is 0. The average Bonchev–Trinajstić information content (AvgIpc) is 2.87. The molecule has 104 valence electrons. The molecule has 1 aromatic carbocycles. The Kier molecular flexibility index (Phi) is 3.45. The zero-order chi connectivity index (χ0) is 14.0. The molecule has 0 saturated heterocycles. The number of hydrogen-bond acceptors (Lipinski definition) is 3. The lowest BCUT2D eigenvalue weighted by Crippen LogP contribution is -2.36. The van der Waals surface area contributed by atoms with Gasteiger partial charge in [0.25, 0.3) is 0 Å². The van der Waals surface area contributed by atoms with Crippen LogP contribution in [0.5, 0.6) is 0 Å². The van der Waals surface area contributed by atoms with Crippen molar-refractivity contribution in [2.75, 3.05) is 13.7 Å². The van der Waals surface area contributed by atoms with Gasteiger partial charge in [0.05, 0.1) is 13.0 Å². The van der Waals surface area contributed by atoms with Gasteiger partial charge in [-0.2, -0.15) is 0 Å². The summed E-state index contributed by atoms with van der Waals surface area (Å²) in [4.78, 5) is 12.0. The summed E-state index contributed by atoms with van der Waals surface area (Å²) < 4.78 is 11.6. The summed E-state index contributed by atoms with van der Waals surface area (Å²) in [7, 11) is 1.65. The number of allylic oxidation sites excluding steroid dienone is 2. The molecule has 20 heavy (non-hydrogen) atoms. The summed E-state index contributed by atoms with van der Waals surface area (Å²) in [6.07, 6.45) is 6.05. The molecule has 0 N–H and O–H groups in total. The van der Waals surface area contributed by atoms with E-state index in [0.717, 1.165) is 29.7 Å². The minimum Gasteiger partial charge on any atom is -0.495 e. The van der Waals surface area contributed by atoms with Gasteiger partial charge in [-0.15, -0.1) is 0 Å². The molecule has 1 aliphatic carbocycles. The van der Waals surface area contributed by atoms with Crippen LogP contribution in [0, 0.1) is 0 Å². The highest BCUT2D eigenvalue weighted by Crippen LogP contribution is 2.45. The van der Waals surface area contributed by atoms with Crippen LogP contribution in [0.15, 0.2) is 48.2 Å². The Morgan fingerprint density at radius 3 is 2.70 bits per heavy atom. The second-order valence-electron chi connectivity index (χ2n) is 5.16. The number of carbonyl (C=O) groups excluding carboxylic acids is 1. The maximum absolute atomic E-state index is 12.0. The van der Waals surface area contributed by atoms with Crippen LogP contribution < -0.4 is 0 Å². The summed E-state index contributed by atoms with van der Waals surface area (Å²) in [5, 5.41) is 0. The van der Waals surface area contributed by atoms with Gasteiger partial charge >= 0.3 is 0 Å². The maximum atomic E-state index is 12.0. The van der Waals surface area contributed by atoms with E-state index >= 15 is 0 Å². The lowest BCUT2D eigenvalue weighted by molar-refractivity contribution is -0.117. The average molecular weight is 270 g/mol. The van der Waals surface area contributed by atoms with Gasteiger partial charge in [-0.25, -0.2) is 0 Å². The van der Waals surface area contributed by atoms with E-state index in [-0.39, 0.29) is 5.78 Å². The van der Waals surface area contributed by atoms with Crippen molar-refractivity contribution < 1.29 is 14.3 Å². The van der Waals surface area contributed by atoms with Crippen molar-refractivity contribution in [3.63, 3.8) is 0 Å². The minimum atomic E-state index is -0.751. The number of methoxy groups -OCH3 is 1. The lowest BCUT2D eigenvalue weighted by atomic mass is 9.87. The number of hydrogen-bond donors (Lipinski definition) is 0. The van der Waals surface area contributed by atoms with Crippen LogP contribution in [-0.4, -0.2) is 25.1 Å². The van der Waals surface area contributed by atoms with Crippen LogP contribution in [0.1, 0.15) is 24.8 Å². The van der Waals surface area contributed by atoms with Gasteiger partial charge in [0, 0.05) is 12.7 Å². The molecule has 0 aromatic heterocycles. The smallest absolute Gasteiger partial charge is 0.159 e. The Morgan fingerprint density at radius 2 is 2.05 bits per heavy atom. The Balaban J connectivity index is 2.08. The predicted octanol–water partition coefficient (Wildman–Crippen LogP) is 3.12. The van der Waals surface area contributed by atoms with E-state index in [1.165, 1.54) is 0 Å². The van der Waals surface area contributed by atoms with Crippen molar-refractivity contribution in [2.45, 2.75) is 24.9 Å². The molecule has 3 rings (SSSR count). The van der Waals surface area contributed by atoms with Crippen LogP contribution in [0.2, 0.25) is 0 Å². The number of carbonyl (C=O) groups is 1. The van der Waals surface area contributed by atoms with E-state index in [1.807, 2.05) is 30.3 Å². The first-order chi connectivity index (χ1) is 9.76. The Morgan fingerprint density at radius 1 is 1.25 bits per heavy atom. The van der Waals surface area contributed by atoms with Crippen molar-refractivity contribution in [3.8, 4) is 0 Å². The third-order valence-electron chi connectivity index (χ3n) is 3.93. The standard InChI is InChI=1S/C17H18O3/c1-19-17(16-9-5-6-10-20-16)12-14(18)11-15(17)13-7-3-2-4-8-13/h2-4,7-9,11H,5-6,10,12H2,1H3. The Labute approximate surface area is 118 Å². The highest BCUT2D eigenvalue weighted by atomic mass is 16.5. The van der Waals surface area contributed by atoms with Gasteiger partial charge in [-0.05, 0) is 30.6 Å². The zero-order valence-corrected chi connectivity index (χ0v) is 11.6. The van der Waals surface area contributed by atoms with Crippen molar-refractivity contribution in [3.05, 3.63) is 53.8 Å². The van der Waals surface area contributed by atoms with Gasteiger partial charge in [0.1, 0.15) is 5.76 Å². The highest BCUT2D eigenvalue weighted by molar-refractivity contribution is 6.06. The third kappa shape index (κ3) is 2.08. The van der Waals surface area contributed by atoms with Gasteiger partial charge in [-0.1, -0.05) is 30.3 Å². The molecule has 3 heteroatoms. The molecule has 0 spiro atoms. The SMILES string of the molecule is COC1(C2=CCCCO2)CC(=O)C=C1c1ccccc1. The van der Waals surface area contributed by atoms with Crippen molar-refractivity contribution in [1.29, 1.82) is 0 Å². The first-order valence-electron chi connectivity index (χ1n) is 6.95. The summed E-state index contributed by atoms with van der Waals surface area (Å²) in [5.41, 5.74) is 1.16. The molecule has 1 heterocycles. The molecule has 1 unspecified atom stereocenters. The largest absolute Gasteiger partial charge is 0.495 e. The predicted molar refractivity (Wildman–Crippen MR) is 77.1 cm³/mol. The molecular weight excluding hydrogens is 252 g/mol. The molecule has 1 atom stereocenters. The Bertz CT molecular complexity index is 571.